The molecule has 0 aliphatic carbocycles. The van der Waals surface area contributed by atoms with E-state index >= 15 is 0 Å². The van der Waals surface area contributed by atoms with E-state index in [0.717, 1.165) is 5.56 Å². The molecule has 0 fully saturated rings. The Bertz CT molecular complexity index is 675. The lowest BCUT2D eigenvalue weighted by atomic mass is 10.1. The smallest absolute Gasteiger partial charge is 0.230 e. The number of rotatable bonds is 6. The van der Waals surface area contributed by atoms with Gasteiger partial charge in [0.25, 0.3) is 0 Å². The Balaban J connectivity index is 1.79. The maximum Gasteiger partial charge on any atom is 0.230 e. The number of thioether (sulfide) groups is 1. The SMILES string of the molecule is Cc1ccc([C@H](C)NC(=O)CSCc2ccc(Cl)cc2F)cc1. The van der Waals surface area contributed by atoms with Crippen LogP contribution in [0.1, 0.15) is 29.7 Å². The summed E-state index contributed by atoms with van der Waals surface area (Å²) in [4.78, 5) is 12.0. The molecular formula is C18H19ClFNOS. The van der Waals surface area contributed by atoms with Gasteiger partial charge >= 0.3 is 0 Å². The number of carbonyl (C=O) groups excluding carboxylic acids is 1. The normalized spacial score (nSPS) is 12.0. The van der Waals surface area contributed by atoms with Crippen LogP contribution in [-0.2, 0) is 10.5 Å². The lowest BCUT2D eigenvalue weighted by molar-refractivity contribution is -0.119. The number of hydrogen-bond donors (Lipinski definition) is 1. The molecule has 0 spiro atoms. The predicted molar refractivity (Wildman–Crippen MR) is 95.3 cm³/mol. The summed E-state index contributed by atoms with van der Waals surface area (Å²) in [5.41, 5.74) is 2.81. The summed E-state index contributed by atoms with van der Waals surface area (Å²) in [5.74, 6) is 0.337. The highest BCUT2D eigenvalue weighted by Gasteiger charge is 2.10. The third-order valence-corrected chi connectivity index (χ3v) is 4.68. The van der Waals surface area contributed by atoms with E-state index in [9.17, 15) is 9.18 Å². The van der Waals surface area contributed by atoms with Gasteiger partial charge in [-0.3, -0.25) is 4.79 Å². The van der Waals surface area contributed by atoms with Crippen molar-refractivity contribution in [1.29, 1.82) is 0 Å². The summed E-state index contributed by atoms with van der Waals surface area (Å²) in [6.07, 6.45) is 0. The maximum absolute atomic E-state index is 13.6. The van der Waals surface area contributed by atoms with Crippen LogP contribution in [0, 0.1) is 12.7 Å². The van der Waals surface area contributed by atoms with Crippen molar-refractivity contribution in [3.8, 4) is 0 Å². The van der Waals surface area contributed by atoms with E-state index in [-0.39, 0.29) is 23.5 Å². The number of amides is 1. The monoisotopic (exact) mass is 351 g/mol. The molecule has 0 radical (unpaired) electrons. The molecule has 2 rings (SSSR count). The van der Waals surface area contributed by atoms with Gasteiger partial charge in [0.1, 0.15) is 5.82 Å². The molecule has 1 N–H and O–H groups in total. The van der Waals surface area contributed by atoms with Crippen molar-refractivity contribution in [2.24, 2.45) is 0 Å². The van der Waals surface area contributed by atoms with Crippen LogP contribution in [0.4, 0.5) is 4.39 Å². The second-order valence-corrected chi connectivity index (χ2v) is 6.85. The largest absolute Gasteiger partial charge is 0.349 e. The highest BCUT2D eigenvalue weighted by molar-refractivity contribution is 7.99. The van der Waals surface area contributed by atoms with Gasteiger partial charge in [0.05, 0.1) is 11.8 Å². The molecule has 23 heavy (non-hydrogen) atoms. The first-order valence-electron chi connectivity index (χ1n) is 7.33. The number of aryl methyl sites for hydroxylation is 1. The minimum atomic E-state index is -0.335. The van der Waals surface area contributed by atoms with E-state index < -0.39 is 0 Å². The van der Waals surface area contributed by atoms with Crippen LogP contribution in [0.25, 0.3) is 0 Å². The zero-order chi connectivity index (χ0) is 16.8. The molecule has 0 saturated heterocycles. The second-order valence-electron chi connectivity index (χ2n) is 5.43. The lowest BCUT2D eigenvalue weighted by Crippen LogP contribution is -2.28. The van der Waals surface area contributed by atoms with Crippen LogP contribution in [0.3, 0.4) is 0 Å². The van der Waals surface area contributed by atoms with E-state index in [4.69, 9.17) is 11.6 Å². The fourth-order valence-corrected chi connectivity index (χ4v) is 3.10. The van der Waals surface area contributed by atoms with Crippen LogP contribution in [0.2, 0.25) is 5.02 Å². The third-order valence-electron chi connectivity index (χ3n) is 3.46. The molecule has 0 aliphatic rings. The zero-order valence-electron chi connectivity index (χ0n) is 13.1. The number of halogens is 2. The van der Waals surface area contributed by atoms with Crippen LogP contribution < -0.4 is 5.32 Å². The van der Waals surface area contributed by atoms with Crippen molar-refractivity contribution < 1.29 is 9.18 Å². The van der Waals surface area contributed by atoms with Crippen LogP contribution in [0.5, 0.6) is 0 Å². The zero-order valence-corrected chi connectivity index (χ0v) is 14.7. The van der Waals surface area contributed by atoms with Gasteiger partial charge in [0, 0.05) is 10.8 Å². The molecule has 2 nitrogen and oxygen atoms in total. The van der Waals surface area contributed by atoms with E-state index in [1.165, 1.54) is 23.4 Å². The van der Waals surface area contributed by atoms with E-state index in [2.05, 4.69) is 5.32 Å². The van der Waals surface area contributed by atoms with Gasteiger partial charge in [-0.25, -0.2) is 4.39 Å². The quantitative estimate of drug-likeness (QED) is 0.802. The summed E-state index contributed by atoms with van der Waals surface area (Å²) < 4.78 is 13.6. The minimum Gasteiger partial charge on any atom is -0.349 e. The topological polar surface area (TPSA) is 29.1 Å². The first-order chi connectivity index (χ1) is 11.0. The Labute approximate surface area is 145 Å². The Morgan fingerprint density at radius 3 is 2.61 bits per heavy atom. The molecule has 0 aliphatic heterocycles. The van der Waals surface area contributed by atoms with Gasteiger partial charge in [0.2, 0.25) is 5.91 Å². The fraction of sp³-hybridized carbons (Fsp3) is 0.278. The molecule has 0 saturated carbocycles. The van der Waals surface area contributed by atoms with Crippen molar-refractivity contribution >= 4 is 29.3 Å². The average molecular weight is 352 g/mol. The van der Waals surface area contributed by atoms with Gasteiger partial charge in [-0.15, -0.1) is 11.8 Å². The van der Waals surface area contributed by atoms with Gasteiger partial charge in [0.15, 0.2) is 0 Å². The first-order valence-corrected chi connectivity index (χ1v) is 8.86. The van der Waals surface area contributed by atoms with Gasteiger partial charge in [-0.2, -0.15) is 0 Å². The van der Waals surface area contributed by atoms with Gasteiger partial charge in [-0.1, -0.05) is 47.5 Å². The molecular weight excluding hydrogens is 333 g/mol. The molecule has 122 valence electrons. The molecule has 1 amide bonds. The highest BCUT2D eigenvalue weighted by atomic mass is 35.5. The Kier molecular flexibility index (Phi) is 6.48. The second kappa shape index (κ2) is 8.37. The lowest BCUT2D eigenvalue weighted by Gasteiger charge is -2.14. The molecule has 1 atom stereocenters. The summed E-state index contributed by atoms with van der Waals surface area (Å²) in [6, 6.07) is 12.6. The van der Waals surface area contributed by atoms with Gasteiger partial charge < -0.3 is 5.32 Å². The molecule has 0 bridgehead atoms. The number of benzene rings is 2. The van der Waals surface area contributed by atoms with Gasteiger partial charge in [-0.05, 0) is 37.1 Å². The van der Waals surface area contributed by atoms with Crippen molar-refractivity contribution in [2.75, 3.05) is 5.75 Å². The number of carbonyl (C=O) groups is 1. The fourth-order valence-electron chi connectivity index (χ4n) is 2.11. The Morgan fingerprint density at radius 1 is 1.26 bits per heavy atom. The minimum absolute atomic E-state index is 0.0454. The third kappa shape index (κ3) is 5.56. The highest BCUT2D eigenvalue weighted by Crippen LogP contribution is 2.20. The molecule has 0 heterocycles. The van der Waals surface area contributed by atoms with Crippen molar-refractivity contribution in [3.05, 3.63) is 70.0 Å². The molecule has 2 aromatic rings. The number of hydrogen-bond acceptors (Lipinski definition) is 2. The molecule has 2 aromatic carbocycles. The Hall–Kier alpha value is -1.52. The Morgan fingerprint density at radius 2 is 1.96 bits per heavy atom. The predicted octanol–water partition coefficient (Wildman–Crippen LogP) is 4.90. The van der Waals surface area contributed by atoms with E-state index in [1.54, 1.807) is 12.1 Å². The first kappa shape index (κ1) is 17.8. The summed E-state index contributed by atoms with van der Waals surface area (Å²) in [7, 11) is 0. The summed E-state index contributed by atoms with van der Waals surface area (Å²) in [6.45, 7) is 3.98. The standard InChI is InChI=1S/C18H19ClFNOS/c1-12-3-5-14(6-4-12)13(2)21-18(22)11-23-10-15-7-8-16(19)9-17(15)20/h3-9,13H,10-11H2,1-2H3,(H,21,22)/t13-/m0/s1. The van der Waals surface area contributed by atoms with Crippen LogP contribution >= 0.6 is 23.4 Å². The van der Waals surface area contributed by atoms with Crippen molar-refractivity contribution in [3.63, 3.8) is 0 Å². The van der Waals surface area contributed by atoms with Crippen LogP contribution in [0.15, 0.2) is 42.5 Å². The average Bonchev–Trinajstić information content (AvgIpc) is 2.50. The van der Waals surface area contributed by atoms with E-state index in [0.29, 0.717) is 16.3 Å². The van der Waals surface area contributed by atoms with Crippen LogP contribution in [-0.4, -0.2) is 11.7 Å². The summed E-state index contributed by atoms with van der Waals surface area (Å²) in [5, 5.41) is 3.33. The summed E-state index contributed by atoms with van der Waals surface area (Å²) >= 11 is 7.09. The maximum atomic E-state index is 13.6. The molecule has 0 aromatic heterocycles. The van der Waals surface area contributed by atoms with Crippen molar-refractivity contribution in [1.82, 2.24) is 5.32 Å². The van der Waals surface area contributed by atoms with Crippen molar-refractivity contribution in [2.45, 2.75) is 25.6 Å². The van der Waals surface area contributed by atoms with E-state index in [1.807, 2.05) is 38.1 Å². The number of nitrogens with one attached hydrogen (secondary N) is 1. The molecule has 0 unspecified atom stereocenters. The molecule has 5 heteroatoms.